The fourth-order valence-corrected chi connectivity index (χ4v) is 3.88. The molecular weight excluding hydrogens is 374 g/mol. The molecule has 1 fully saturated rings. The molecule has 0 aromatic heterocycles. The van der Waals surface area contributed by atoms with Gasteiger partial charge in [-0.05, 0) is 55.7 Å². The van der Waals surface area contributed by atoms with Crippen molar-refractivity contribution >= 4 is 40.9 Å². The molecule has 1 saturated heterocycles. The minimum atomic E-state index is -0.726. The van der Waals surface area contributed by atoms with Gasteiger partial charge in [0.2, 0.25) is 17.7 Å². The first-order chi connectivity index (χ1) is 13.4. The summed E-state index contributed by atoms with van der Waals surface area (Å²) in [5.41, 5.74) is 8.87. The topological polar surface area (TPSA) is 92.5 Å². The number of nitrogens with two attached hydrogens (primary N) is 1. The molecule has 146 valence electrons. The summed E-state index contributed by atoms with van der Waals surface area (Å²) in [5.74, 6) is -1.56. The highest BCUT2D eigenvalue weighted by Gasteiger charge is 2.37. The van der Waals surface area contributed by atoms with Crippen LogP contribution >= 0.6 is 11.8 Å². The van der Waals surface area contributed by atoms with E-state index in [1.807, 2.05) is 38.1 Å². The first-order valence-corrected chi connectivity index (χ1v) is 10.0. The SMILES string of the molecule is Cc1ccc(N2CCC(C(=O)Nc3ccccc3SCC(N)=O)C2=O)cc1C. The van der Waals surface area contributed by atoms with Gasteiger partial charge in [0, 0.05) is 17.1 Å². The molecule has 2 aromatic rings. The molecule has 3 amide bonds. The van der Waals surface area contributed by atoms with Crippen molar-refractivity contribution in [2.75, 3.05) is 22.5 Å². The van der Waals surface area contributed by atoms with Crippen LogP contribution in [0.1, 0.15) is 17.5 Å². The Bertz CT molecular complexity index is 929. The molecule has 1 aliphatic rings. The zero-order valence-electron chi connectivity index (χ0n) is 15.9. The molecule has 2 aromatic carbocycles. The maximum Gasteiger partial charge on any atom is 0.239 e. The van der Waals surface area contributed by atoms with Gasteiger partial charge in [-0.1, -0.05) is 18.2 Å². The standard InChI is InChI=1S/C21H23N3O3S/c1-13-7-8-15(11-14(13)2)24-10-9-16(21(24)27)20(26)23-17-5-3-4-6-18(17)28-12-19(22)25/h3-8,11,16H,9-10,12H2,1-2H3,(H2,22,25)(H,23,26). The van der Waals surface area contributed by atoms with Crippen molar-refractivity contribution in [2.45, 2.75) is 25.2 Å². The van der Waals surface area contributed by atoms with Crippen molar-refractivity contribution < 1.29 is 14.4 Å². The maximum atomic E-state index is 12.8. The summed E-state index contributed by atoms with van der Waals surface area (Å²) in [6.45, 7) is 4.54. The highest BCUT2D eigenvalue weighted by molar-refractivity contribution is 8.00. The predicted octanol–water partition coefficient (Wildman–Crippen LogP) is 2.87. The Morgan fingerprint density at radius 1 is 1.18 bits per heavy atom. The summed E-state index contributed by atoms with van der Waals surface area (Å²) in [5, 5.41) is 2.84. The van der Waals surface area contributed by atoms with Gasteiger partial charge in [-0.15, -0.1) is 11.8 Å². The van der Waals surface area contributed by atoms with E-state index >= 15 is 0 Å². The molecule has 1 aliphatic heterocycles. The molecule has 0 aliphatic carbocycles. The molecule has 3 N–H and O–H groups in total. The normalized spacial score (nSPS) is 16.3. The average Bonchev–Trinajstić information content (AvgIpc) is 3.04. The summed E-state index contributed by atoms with van der Waals surface area (Å²) in [6.07, 6.45) is 0.466. The van der Waals surface area contributed by atoms with E-state index in [2.05, 4.69) is 5.32 Å². The Hall–Kier alpha value is -2.80. The van der Waals surface area contributed by atoms with Crippen molar-refractivity contribution in [3.63, 3.8) is 0 Å². The van der Waals surface area contributed by atoms with Crippen LogP contribution < -0.4 is 16.0 Å². The van der Waals surface area contributed by atoms with Crippen LogP contribution in [0.25, 0.3) is 0 Å². The van der Waals surface area contributed by atoms with E-state index in [1.165, 1.54) is 11.8 Å². The Kier molecular flexibility index (Phi) is 6.04. The zero-order chi connectivity index (χ0) is 20.3. The van der Waals surface area contributed by atoms with Crippen molar-refractivity contribution in [1.29, 1.82) is 0 Å². The summed E-state index contributed by atoms with van der Waals surface area (Å²) < 4.78 is 0. The number of carbonyl (C=O) groups is 3. The number of nitrogens with one attached hydrogen (secondary N) is 1. The summed E-state index contributed by atoms with van der Waals surface area (Å²) in [4.78, 5) is 39.0. The van der Waals surface area contributed by atoms with Gasteiger partial charge < -0.3 is 16.0 Å². The summed E-state index contributed by atoms with van der Waals surface area (Å²) in [6, 6.07) is 13.0. The van der Waals surface area contributed by atoms with Crippen molar-refractivity contribution in [3.8, 4) is 0 Å². The molecule has 3 rings (SSSR count). The van der Waals surface area contributed by atoms with Crippen LogP contribution in [-0.2, 0) is 14.4 Å². The maximum absolute atomic E-state index is 12.8. The monoisotopic (exact) mass is 397 g/mol. The second-order valence-corrected chi connectivity index (χ2v) is 7.86. The summed E-state index contributed by atoms with van der Waals surface area (Å²) in [7, 11) is 0. The average molecular weight is 398 g/mol. The van der Waals surface area contributed by atoms with Crippen LogP contribution in [0.2, 0.25) is 0 Å². The Morgan fingerprint density at radius 3 is 2.64 bits per heavy atom. The first-order valence-electron chi connectivity index (χ1n) is 9.06. The minimum absolute atomic E-state index is 0.121. The van der Waals surface area contributed by atoms with Crippen molar-refractivity contribution in [3.05, 3.63) is 53.6 Å². The molecule has 1 heterocycles. The number of carbonyl (C=O) groups excluding carboxylic acids is 3. The van der Waals surface area contributed by atoms with Gasteiger partial charge in [0.05, 0.1) is 11.4 Å². The highest BCUT2D eigenvalue weighted by atomic mass is 32.2. The van der Waals surface area contributed by atoms with Gasteiger partial charge in [-0.25, -0.2) is 0 Å². The van der Waals surface area contributed by atoms with Crippen LogP contribution in [0.4, 0.5) is 11.4 Å². The number of aryl methyl sites for hydroxylation is 2. The molecule has 1 atom stereocenters. The molecule has 0 spiro atoms. The molecule has 0 radical (unpaired) electrons. The van der Waals surface area contributed by atoms with E-state index in [9.17, 15) is 14.4 Å². The number of anilines is 2. The Labute approximate surface area is 168 Å². The quantitative estimate of drug-likeness (QED) is 0.579. The second kappa shape index (κ2) is 8.48. The van der Waals surface area contributed by atoms with E-state index in [0.717, 1.165) is 21.7 Å². The van der Waals surface area contributed by atoms with Crippen LogP contribution in [0, 0.1) is 19.8 Å². The van der Waals surface area contributed by atoms with Crippen LogP contribution in [0.5, 0.6) is 0 Å². The third-order valence-corrected chi connectivity index (χ3v) is 5.93. The first kappa shape index (κ1) is 19.9. The lowest BCUT2D eigenvalue weighted by atomic mass is 10.1. The number of amides is 3. The Morgan fingerprint density at radius 2 is 1.93 bits per heavy atom. The predicted molar refractivity (Wildman–Crippen MR) is 111 cm³/mol. The van der Waals surface area contributed by atoms with Gasteiger partial charge in [-0.3, -0.25) is 14.4 Å². The third kappa shape index (κ3) is 4.36. The van der Waals surface area contributed by atoms with Gasteiger partial charge in [-0.2, -0.15) is 0 Å². The van der Waals surface area contributed by atoms with Gasteiger partial charge in [0.25, 0.3) is 0 Å². The van der Waals surface area contributed by atoms with Gasteiger partial charge >= 0.3 is 0 Å². The lowest BCUT2D eigenvalue weighted by Gasteiger charge is -2.18. The van der Waals surface area contributed by atoms with E-state index in [1.54, 1.807) is 23.1 Å². The number of nitrogens with zero attached hydrogens (tertiary/aromatic N) is 1. The van der Waals surface area contributed by atoms with E-state index in [4.69, 9.17) is 5.73 Å². The number of thioether (sulfide) groups is 1. The van der Waals surface area contributed by atoms with Crippen molar-refractivity contribution in [2.24, 2.45) is 11.7 Å². The van der Waals surface area contributed by atoms with Gasteiger partial charge in [0.1, 0.15) is 5.92 Å². The van der Waals surface area contributed by atoms with E-state index < -0.39 is 11.8 Å². The highest BCUT2D eigenvalue weighted by Crippen LogP contribution is 2.30. The molecule has 1 unspecified atom stereocenters. The zero-order valence-corrected chi connectivity index (χ0v) is 16.7. The molecule has 28 heavy (non-hydrogen) atoms. The molecule has 6 nitrogen and oxygen atoms in total. The van der Waals surface area contributed by atoms with E-state index in [-0.39, 0.29) is 17.6 Å². The number of benzene rings is 2. The van der Waals surface area contributed by atoms with Crippen molar-refractivity contribution in [1.82, 2.24) is 0 Å². The summed E-state index contributed by atoms with van der Waals surface area (Å²) >= 11 is 1.26. The third-order valence-electron chi connectivity index (χ3n) is 4.84. The number of primary amides is 1. The second-order valence-electron chi connectivity index (χ2n) is 6.84. The van der Waals surface area contributed by atoms with Crippen LogP contribution in [0.15, 0.2) is 47.4 Å². The van der Waals surface area contributed by atoms with Gasteiger partial charge in [0.15, 0.2) is 0 Å². The number of para-hydroxylation sites is 1. The largest absolute Gasteiger partial charge is 0.369 e. The van der Waals surface area contributed by atoms with Crippen LogP contribution in [-0.4, -0.2) is 30.0 Å². The van der Waals surface area contributed by atoms with E-state index in [0.29, 0.717) is 18.7 Å². The lowest BCUT2D eigenvalue weighted by molar-refractivity contribution is -0.129. The minimum Gasteiger partial charge on any atom is -0.369 e. The molecule has 0 saturated carbocycles. The number of hydrogen-bond acceptors (Lipinski definition) is 4. The lowest BCUT2D eigenvalue weighted by Crippen LogP contribution is -2.33. The molecule has 0 bridgehead atoms. The smallest absolute Gasteiger partial charge is 0.239 e. The number of rotatable bonds is 6. The number of hydrogen-bond donors (Lipinski definition) is 2. The van der Waals surface area contributed by atoms with Crippen LogP contribution in [0.3, 0.4) is 0 Å². The molecular formula is C21H23N3O3S. The molecule has 7 heteroatoms. The Balaban J connectivity index is 1.71. The fourth-order valence-electron chi connectivity index (χ4n) is 3.14. The fraction of sp³-hybridized carbons (Fsp3) is 0.286.